The molecule has 2 nitrogen and oxygen atoms in total. The molecule has 1 aliphatic heterocycles. The van der Waals surface area contributed by atoms with Crippen LogP contribution in [0, 0.1) is 5.41 Å². The van der Waals surface area contributed by atoms with E-state index in [9.17, 15) is 0 Å². The molecule has 2 heteroatoms. The van der Waals surface area contributed by atoms with Gasteiger partial charge in [0.05, 0.1) is 0 Å². The summed E-state index contributed by atoms with van der Waals surface area (Å²) < 4.78 is 0. The molecule has 3 rings (SSSR count). The Bertz CT molecular complexity index is 405. The Balaban J connectivity index is 1.54. The fourth-order valence-electron chi connectivity index (χ4n) is 3.85. The van der Waals surface area contributed by atoms with Gasteiger partial charge in [0.1, 0.15) is 0 Å². The molecular formula is C18H28N2. The molecule has 2 aliphatic rings. The molecule has 0 amide bonds. The second-order valence-electron chi connectivity index (χ2n) is 6.78. The number of hydrogen-bond acceptors (Lipinski definition) is 2. The molecule has 2 fully saturated rings. The lowest BCUT2D eigenvalue weighted by atomic mass is 9.66. The van der Waals surface area contributed by atoms with Crippen molar-refractivity contribution < 1.29 is 0 Å². The fourth-order valence-corrected chi connectivity index (χ4v) is 3.85. The predicted molar refractivity (Wildman–Crippen MR) is 85.0 cm³/mol. The third-order valence-electron chi connectivity index (χ3n) is 5.39. The molecular weight excluding hydrogens is 244 g/mol. The van der Waals surface area contributed by atoms with Gasteiger partial charge in [-0.2, -0.15) is 0 Å². The zero-order chi connectivity index (χ0) is 13.8. The lowest BCUT2D eigenvalue weighted by Crippen LogP contribution is -2.54. The zero-order valence-corrected chi connectivity index (χ0v) is 12.8. The summed E-state index contributed by atoms with van der Waals surface area (Å²) in [6.45, 7) is 7.31. The van der Waals surface area contributed by atoms with Crippen molar-refractivity contribution in [1.29, 1.82) is 0 Å². The number of hydrogen-bond donors (Lipinski definition) is 1. The normalized spacial score (nSPS) is 26.1. The van der Waals surface area contributed by atoms with E-state index in [0.717, 1.165) is 13.0 Å². The van der Waals surface area contributed by atoms with Crippen molar-refractivity contribution in [1.82, 2.24) is 10.2 Å². The van der Waals surface area contributed by atoms with Gasteiger partial charge in [0.2, 0.25) is 0 Å². The van der Waals surface area contributed by atoms with Crippen LogP contribution < -0.4 is 5.32 Å². The van der Waals surface area contributed by atoms with E-state index in [1.807, 2.05) is 0 Å². The van der Waals surface area contributed by atoms with Crippen molar-refractivity contribution in [2.45, 2.75) is 45.1 Å². The number of nitrogens with one attached hydrogen (secondary N) is 1. The molecule has 1 aliphatic carbocycles. The average molecular weight is 272 g/mol. The van der Waals surface area contributed by atoms with Gasteiger partial charge in [-0.05, 0) is 36.7 Å². The minimum absolute atomic E-state index is 0.625. The van der Waals surface area contributed by atoms with Gasteiger partial charge in [0.15, 0.2) is 0 Å². The Morgan fingerprint density at radius 3 is 2.70 bits per heavy atom. The summed E-state index contributed by atoms with van der Waals surface area (Å²) in [5.74, 6) is 0. The van der Waals surface area contributed by atoms with E-state index in [-0.39, 0.29) is 0 Å². The smallest absolute Gasteiger partial charge is 0.0235 e. The molecule has 0 aromatic heterocycles. The average Bonchev–Trinajstić information content (AvgIpc) is 2.44. The van der Waals surface area contributed by atoms with Gasteiger partial charge < -0.3 is 5.32 Å². The molecule has 1 saturated heterocycles. The predicted octanol–water partition coefficient (Wildman–Crippen LogP) is 3.08. The Labute approximate surface area is 123 Å². The molecule has 0 radical (unpaired) electrons. The van der Waals surface area contributed by atoms with Crippen molar-refractivity contribution in [3.05, 3.63) is 35.9 Å². The van der Waals surface area contributed by atoms with E-state index in [4.69, 9.17) is 0 Å². The second-order valence-corrected chi connectivity index (χ2v) is 6.78. The number of nitrogens with zero attached hydrogens (tertiary/aromatic N) is 1. The molecule has 1 aromatic carbocycles. The third-order valence-corrected chi connectivity index (χ3v) is 5.39. The van der Waals surface area contributed by atoms with Crippen LogP contribution in [-0.2, 0) is 6.42 Å². The minimum atomic E-state index is 0.625. The van der Waals surface area contributed by atoms with Crippen molar-refractivity contribution >= 4 is 0 Å². The van der Waals surface area contributed by atoms with Crippen LogP contribution in [0.3, 0.4) is 0 Å². The van der Waals surface area contributed by atoms with E-state index in [0.29, 0.717) is 11.5 Å². The van der Waals surface area contributed by atoms with Crippen LogP contribution in [-0.4, -0.2) is 37.1 Å². The van der Waals surface area contributed by atoms with Crippen molar-refractivity contribution in [2.75, 3.05) is 26.2 Å². The summed E-state index contributed by atoms with van der Waals surface area (Å²) in [5, 5.41) is 3.70. The first-order chi connectivity index (χ1) is 9.80. The number of rotatable bonds is 5. The molecule has 1 heterocycles. The summed E-state index contributed by atoms with van der Waals surface area (Å²) in [6, 6.07) is 11.5. The van der Waals surface area contributed by atoms with Crippen LogP contribution in [0.15, 0.2) is 30.3 Å². The number of piperazine rings is 1. The maximum absolute atomic E-state index is 3.70. The molecule has 1 unspecified atom stereocenters. The highest BCUT2D eigenvalue weighted by molar-refractivity contribution is 5.16. The van der Waals surface area contributed by atoms with Crippen LogP contribution in [0.1, 0.15) is 38.2 Å². The highest BCUT2D eigenvalue weighted by Gasteiger charge is 2.37. The topological polar surface area (TPSA) is 15.3 Å². The quantitative estimate of drug-likeness (QED) is 0.886. The minimum Gasteiger partial charge on any atom is -0.311 e. The van der Waals surface area contributed by atoms with Crippen molar-refractivity contribution in [3.63, 3.8) is 0 Å². The maximum atomic E-state index is 3.70. The van der Waals surface area contributed by atoms with Gasteiger partial charge in [-0.3, -0.25) is 4.90 Å². The first-order valence-corrected chi connectivity index (χ1v) is 8.29. The van der Waals surface area contributed by atoms with E-state index in [1.54, 1.807) is 0 Å². The lowest BCUT2D eigenvalue weighted by molar-refractivity contribution is 0.0482. The van der Waals surface area contributed by atoms with Gasteiger partial charge >= 0.3 is 0 Å². The summed E-state index contributed by atoms with van der Waals surface area (Å²) in [4.78, 5) is 2.72. The number of benzene rings is 1. The third kappa shape index (κ3) is 3.24. The summed E-state index contributed by atoms with van der Waals surface area (Å²) in [6.07, 6.45) is 6.89. The van der Waals surface area contributed by atoms with Crippen LogP contribution in [0.5, 0.6) is 0 Å². The molecule has 1 aromatic rings. The lowest BCUT2D eigenvalue weighted by Gasteiger charge is -2.46. The fraction of sp³-hybridized carbons (Fsp3) is 0.667. The van der Waals surface area contributed by atoms with Crippen LogP contribution in [0.2, 0.25) is 0 Å². The Morgan fingerprint density at radius 1 is 1.25 bits per heavy atom. The van der Waals surface area contributed by atoms with E-state index >= 15 is 0 Å². The van der Waals surface area contributed by atoms with E-state index in [2.05, 4.69) is 47.5 Å². The van der Waals surface area contributed by atoms with Gasteiger partial charge in [-0.15, -0.1) is 0 Å². The van der Waals surface area contributed by atoms with Gasteiger partial charge in [-0.25, -0.2) is 0 Å². The Hall–Kier alpha value is -0.860. The van der Waals surface area contributed by atoms with Crippen LogP contribution >= 0.6 is 0 Å². The molecule has 1 atom stereocenters. The zero-order valence-electron chi connectivity index (χ0n) is 12.8. The molecule has 1 saturated carbocycles. The van der Waals surface area contributed by atoms with E-state index in [1.165, 1.54) is 50.9 Å². The monoisotopic (exact) mass is 272 g/mol. The van der Waals surface area contributed by atoms with Crippen molar-refractivity contribution in [2.24, 2.45) is 5.41 Å². The SMILES string of the molecule is CCC1(CN2CCNC(Cc3ccccc3)C2)CCC1. The highest BCUT2D eigenvalue weighted by Crippen LogP contribution is 2.44. The molecule has 0 bridgehead atoms. The first-order valence-electron chi connectivity index (χ1n) is 8.29. The molecule has 110 valence electrons. The second kappa shape index (κ2) is 6.28. The maximum Gasteiger partial charge on any atom is 0.0235 e. The Morgan fingerprint density at radius 2 is 2.05 bits per heavy atom. The van der Waals surface area contributed by atoms with Crippen LogP contribution in [0.25, 0.3) is 0 Å². The van der Waals surface area contributed by atoms with Gasteiger partial charge in [0.25, 0.3) is 0 Å². The van der Waals surface area contributed by atoms with E-state index < -0.39 is 0 Å². The Kier molecular flexibility index (Phi) is 4.42. The standard InChI is InChI=1S/C18H28N2/c1-2-18(9-6-10-18)15-20-12-11-19-17(14-20)13-16-7-4-3-5-8-16/h3-5,7-8,17,19H,2,6,9-15H2,1H3. The van der Waals surface area contributed by atoms with Gasteiger partial charge in [-0.1, -0.05) is 43.7 Å². The van der Waals surface area contributed by atoms with Gasteiger partial charge in [0, 0.05) is 32.2 Å². The highest BCUT2D eigenvalue weighted by atomic mass is 15.2. The molecule has 20 heavy (non-hydrogen) atoms. The molecule has 0 spiro atoms. The van der Waals surface area contributed by atoms with Crippen molar-refractivity contribution in [3.8, 4) is 0 Å². The first kappa shape index (κ1) is 14.1. The van der Waals surface area contributed by atoms with Crippen LogP contribution in [0.4, 0.5) is 0 Å². The molecule has 1 N–H and O–H groups in total. The summed E-state index contributed by atoms with van der Waals surface area (Å²) in [5.41, 5.74) is 2.12. The largest absolute Gasteiger partial charge is 0.311 e. The summed E-state index contributed by atoms with van der Waals surface area (Å²) in [7, 11) is 0. The summed E-state index contributed by atoms with van der Waals surface area (Å²) >= 11 is 0.